The zero-order chi connectivity index (χ0) is 14.2. The molecule has 3 nitrogen and oxygen atoms in total. The molecule has 0 saturated carbocycles. The van der Waals surface area contributed by atoms with Crippen LogP contribution in [0.25, 0.3) is 0 Å². The summed E-state index contributed by atoms with van der Waals surface area (Å²) in [6.07, 6.45) is 0.781. The van der Waals surface area contributed by atoms with E-state index < -0.39 is 0 Å². The summed E-state index contributed by atoms with van der Waals surface area (Å²) < 4.78 is 2.98. The van der Waals surface area contributed by atoms with E-state index in [1.165, 1.54) is 16.7 Å². The Morgan fingerprint density at radius 3 is 2.32 bits per heavy atom. The van der Waals surface area contributed by atoms with E-state index >= 15 is 0 Å². The summed E-state index contributed by atoms with van der Waals surface area (Å²) in [7, 11) is 1.96. The Labute approximate surface area is 122 Å². The fourth-order valence-electron chi connectivity index (χ4n) is 2.62. The second-order valence-corrected chi connectivity index (χ2v) is 5.88. The van der Waals surface area contributed by atoms with E-state index in [0.29, 0.717) is 0 Å². The van der Waals surface area contributed by atoms with Gasteiger partial charge < -0.3 is 5.73 Å². The molecule has 0 bridgehead atoms. The minimum atomic E-state index is -0.00713. The number of rotatable bonds is 3. The van der Waals surface area contributed by atoms with Gasteiger partial charge in [0.2, 0.25) is 0 Å². The van der Waals surface area contributed by atoms with Crippen LogP contribution in [0.5, 0.6) is 0 Å². The highest BCUT2D eigenvalue weighted by atomic mass is 79.9. The van der Waals surface area contributed by atoms with Crippen LogP contribution >= 0.6 is 15.9 Å². The molecule has 0 saturated heterocycles. The molecule has 1 heterocycles. The topological polar surface area (TPSA) is 43.8 Å². The monoisotopic (exact) mass is 321 g/mol. The number of aryl methyl sites for hydroxylation is 4. The summed E-state index contributed by atoms with van der Waals surface area (Å²) in [6, 6.07) is 6.30. The molecule has 0 fully saturated rings. The molecule has 1 unspecified atom stereocenters. The Morgan fingerprint density at radius 2 is 1.84 bits per heavy atom. The van der Waals surface area contributed by atoms with Crippen LogP contribution in [0.1, 0.15) is 34.1 Å². The Bertz CT molecular complexity index is 581. The van der Waals surface area contributed by atoms with Gasteiger partial charge in [0.15, 0.2) is 0 Å². The molecule has 0 aliphatic heterocycles. The predicted octanol–water partition coefficient (Wildman–Crippen LogP) is 3.35. The molecule has 2 rings (SSSR count). The Hall–Kier alpha value is -1.13. The molecule has 2 aromatic rings. The van der Waals surface area contributed by atoms with Crippen molar-refractivity contribution >= 4 is 15.9 Å². The summed E-state index contributed by atoms with van der Waals surface area (Å²) >= 11 is 3.60. The first kappa shape index (κ1) is 14.3. The van der Waals surface area contributed by atoms with Crippen LogP contribution in [-0.4, -0.2) is 9.78 Å². The summed E-state index contributed by atoms with van der Waals surface area (Å²) in [5, 5.41) is 4.42. The van der Waals surface area contributed by atoms with Crippen molar-refractivity contribution in [3.8, 4) is 0 Å². The molecule has 0 radical (unpaired) electrons. The zero-order valence-electron chi connectivity index (χ0n) is 11.9. The quantitative estimate of drug-likeness (QED) is 0.942. The average molecular weight is 322 g/mol. The van der Waals surface area contributed by atoms with Gasteiger partial charge in [0.1, 0.15) is 0 Å². The van der Waals surface area contributed by atoms with Gasteiger partial charge in [0.25, 0.3) is 0 Å². The minimum absolute atomic E-state index is 0.00713. The molecule has 0 spiro atoms. The molecule has 1 atom stereocenters. The number of nitrogens with two attached hydrogens (primary N) is 1. The number of hydrogen-bond donors (Lipinski definition) is 1. The third-order valence-electron chi connectivity index (χ3n) is 3.59. The number of nitrogens with zero attached hydrogens (tertiary/aromatic N) is 2. The molecule has 0 aliphatic rings. The molecule has 19 heavy (non-hydrogen) atoms. The lowest BCUT2D eigenvalue weighted by Gasteiger charge is -2.18. The average Bonchev–Trinajstić information content (AvgIpc) is 2.56. The highest BCUT2D eigenvalue weighted by Gasteiger charge is 2.17. The van der Waals surface area contributed by atoms with Crippen molar-refractivity contribution in [3.63, 3.8) is 0 Å². The van der Waals surface area contributed by atoms with Crippen LogP contribution in [0.3, 0.4) is 0 Å². The SMILES string of the molecule is Cc1cccc(C)c1C(N)Cc1c(Br)c(C)nn1C. The van der Waals surface area contributed by atoms with Crippen molar-refractivity contribution < 1.29 is 0 Å². The molecular formula is C15H20BrN3. The van der Waals surface area contributed by atoms with Gasteiger partial charge in [-0.05, 0) is 53.4 Å². The van der Waals surface area contributed by atoms with Crippen LogP contribution in [0.4, 0.5) is 0 Å². The van der Waals surface area contributed by atoms with Gasteiger partial charge >= 0.3 is 0 Å². The van der Waals surface area contributed by atoms with Gasteiger partial charge in [0, 0.05) is 19.5 Å². The maximum Gasteiger partial charge on any atom is 0.0738 e. The number of benzene rings is 1. The molecular weight excluding hydrogens is 302 g/mol. The number of aromatic nitrogens is 2. The maximum absolute atomic E-state index is 6.41. The van der Waals surface area contributed by atoms with Crippen LogP contribution in [0, 0.1) is 20.8 Å². The van der Waals surface area contributed by atoms with E-state index in [0.717, 1.165) is 22.3 Å². The zero-order valence-corrected chi connectivity index (χ0v) is 13.5. The molecule has 102 valence electrons. The van der Waals surface area contributed by atoms with Gasteiger partial charge in [-0.3, -0.25) is 4.68 Å². The van der Waals surface area contributed by atoms with Crippen molar-refractivity contribution in [2.45, 2.75) is 33.2 Å². The van der Waals surface area contributed by atoms with Crippen molar-refractivity contribution in [2.75, 3.05) is 0 Å². The highest BCUT2D eigenvalue weighted by molar-refractivity contribution is 9.10. The minimum Gasteiger partial charge on any atom is -0.324 e. The first-order valence-electron chi connectivity index (χ1n) is 6.41. The lowest BCUT2D eigenvalue weighted by molar-refractivity contribution is 0.634. The van der Waals surface area contributed by atoms with Gasteiger partial charge in [0.05, 0.1) is 15.9 Å². The first-order chi connectivity index (χ1) is 8.91. The molecule has 1 aromatic heterocycles. The summed E-state index contributed by atoms with van der Waals surface area (Å²) in [5.74, 6) is 0. The van der Waals surface area contributed by atoms with E-state index in [9.17, 15) is 0 Å². The van der Waals surface area contributed by atoms with E-state index in [2.05, 4.69) is 53.1 Å². The van der Waals surface area contributed by atoms with E-state index in [1.54, 1.807) is 0 Å². The lowest BCUT2D eigenvalue weighted by Crippen LogP contribution is -2.18. The van der Waals surface area contributed by atoms with Crippen LogP contribution in [-0.2, 0) is 13.5 Å². The largest absolute Gasteiger partial charge is 0.324 e. The molecule has 0 amide bonds. The lowest BCUT2D eigenvalue weighted by atomic mass is 9.94. The van der Waals surface area contributed by atoms with Crippen molar-refractivity contribution in [2.24, 2.45) is 12.8 Å². The fourth-order valence-corrected chi connectivity index (χ4v) is 3.12. The molecule has 4 heteroatoms. The Kier molecular flexibility index (Phi) is 4.11. The third kappa shape index (κ3) is 2.74. The molecule has 0 aliphatic carbocycles. The van der Waals surface area contributed by atoms with Crippen LogP contribution in [0.2, 0.25) is 0 Å². The summed E-state index contributed by atoms with van der Waals surface area (Å²) in [6.45, 7) is 6.23. The van der Waals surface area contributed by atoms with Crippen molar-refractivity contribution in [1.82, 2.24) is 9.78 Å². The van der Waals surface area contributed by atoms with Crippen LogP contribution in [0.15, 0.2) is 22.7 Å². The van der Waals surface area contributed by atoms with Crippen molar-refractivity contribution in [3.05, 3.63) is 50.8 Å². The van der Waals surface area contributed by atoms with Gasteiger partial charge in [-0.15, -0.1) is 0 Å². The van der Waals surface area contributed by atoms with E-state index in [4.69, 9.17) is 5.73 Å². The second-order valence-electron chi connectivity index (χ2n) is 5.09. The highest BCUT2D eigenvalue weighted by Crippen LogP contribution is 2.27. The molecule has 2 N–H and O–H groups in total. The van der Waals surface area contributed by atoms with E-state index in [1.807, 2.05) is 18.7 Å². The fraction of sp³-hybridized carbons (Fsp3) is 0.400. The van der Waals surface area contributed by atoms with Crippen molar-refractivity contribution in [1.29, 1.82) is 0 Å². The second kappa shape index (κ2) is 5.47. The third-order valence-corrected chi connectivity index (χ3v) is 4.62. The Balaban J connectivity index is 2.33. The standard InChI is InChI=1S/C15H20BrN3/c1-9-6-5-7-10(2)14(9)12(17)8-13-15(16)11(3)18-19(13)4/h5-7,12H,8,17H2,1-4H3. The molecule has 1 aromatic carbocycles. The van der Waals surface area contributed by atoms with E-state index in [-0.39, 0.29) is 6.04 Å². The van der Waals surface area contributed by atoms with Crippen LogP contribution < -0.4 is 5.73 Å². The summed E-state index contributed by atoms with van der Waals surface area (Å²) in [4.78, 5) is 0. The van der Waals surface area contributed by atoms with Gasteiger partial charge in [-0.1, -0.05) is 18.2 Å². The number of halogens is 1. The van der Waals surface area contributed by atoms with Gasteiger partial charge in [-0.25, -0.2) is 0 Å². The van der Waals surface area contributed by atoms with Gasteiger partial charge in [-0.2, -0.15) is 5.10 Å². The Morgan fingerprint density at radius 1 is 1.26 bits per heavy atom. The maximum atomic E-state index is 6.41. The normalized spacial score (nSPS) is 12.7. The summed E-state index contributed by atoms with van der Waals surface area (Å²) in [5.41, 5.74) is 12.3. The predicted molar refractivity (Wildman–Crippen MR) is 82.2 cm³/mol. The number of hydrogen-bond acceptors (Lipinski definition) is 2. The first-order valence-corrected chi connectivity index (χ1v) is 7.20. The smallest absolute Gasteiger partial charge is 0.0738 e.